The van der Waals surface area contributed by atoms with Crippen molar-refractivity contribution >= 4 is 35.7 Å². The molecule has 0 aliphatic heterocycles. The molecule has 0 bridgehead atoms. The molecule has 5 rings (SSSR count). The molecule has 5 aromatic rings. The van der Waals surface area contributed by atoms with E-state index in [9.17, 15) is 18.4 Å². The third kappa shape index (κ3) is 15.1. The van der Waals surface area contributed by atoms with E-state index in [0.29, 0.717) is 52.4 Å². The number of hydrogen-bond donors (Lipinski definition) is 0. The van der Waals surface area contributed by atoms with Crippen LogP contribution in [0.3, 0.4) is 0 Å². The van der Waals surface area contributed by atoms with Crippen LogP contribution >= 0.6 is 0 Å². The van der Waals surface area contributed by atoms with Crippen molar-refractivity contribution in [3.05, 3.63) is 143 Å². The number of ether oxygens (including phenoxy) is 4. The lowest BCUT2D eigenvalue weighted by atomic mass is 10.1. The first-order chi connectivity index (χ1) is 29.7. The molecule has 0 radical (unpaired) electrons. The van der Waals surface area contributed by atoms with Crippen LogP contribution in [0.2, 0.25) is 0 Å². The fraction of sp³-hybridized carbons (Fsp3) is 0.333. The van der Waals surface area contributed by atoms with Gasteiger partial charge in [0.25, 0.3) is 0 Å². The highest BCUT2D eigenvalue weighted by Gasteiger charge is 2.16. The summed E-state index contributed by atoms with van der Waals surface area (Å²) >= 11 is 0. The molecule has 61 heavy (non-hydrogen) atoms. The van der Waals surface area contributed by atoms with Gasteiger partial charge in [-0.3, -0.25) is 9.98 Å². The molecule has 0 saturated heterocycles. The monoisotopic (exact) mass is 830 g/mol. The fourth-order valence-corrected chi connectivity index (χ4v) is 6.34. The van der Waals surface area contributed by atoms with E-state index < -0.39 is 23.6 Å². The minimum Gasteiger partial charge on any atom is -0.491 e. The van der Waals surface area contributed by atoms with Crippen LogP contribution in [0.5, 0.6) is 23.0 Å². The van der Waals surface area contributed by atoms with Gasteiger partial charge in [-0.15, -0.1) is 0 Å². The number of unbranched alkanes of at least 4 members (excludes halogenated alkanes) is 10. The summed E-state index contributed by atoms with van der Waals surface area (Å²) in [6.45, 7) is 7.02. The lowest BCUT2D eigenvalue weighted by Gasteiger charge is -2.12. The average Bonchev–Trinajstić information content (AvgIpc) is 3.27. The van der Waals surface area contributed by atoms with E-state index in [4.69, 9.17) is 18.9 Å². The van der Waals surface area contributed by atoms with Gasteiger partial charge >= 0.3 is 11.9 Å². The lowest BCUT2D eigenvalue weighted by Crippen LogP contribution is -2.12. The second-order valence-corrected chi connectivity index (χ2v) is 14.9. The minimum atomic E-state index is -0.596. The number of aliphatic imine (C=N–C) groups is 2. The van der Waals surface area contributed by atoms with Crippen molar-refractivity contribution in [2.24, 2.45) is 9.98 Å². The van der Waals surface area contributed by atoms with Crippen LogP contribution in [0.25, 0.3) is 0 Å². The molecule has 8 nitrogen and oxygen atoms in total. The molecule has 0 atom stereocenters. The number of carbonyl (C=O) groups excluding carboxylic acids is 2. The van der Waals surface area contributed by atoms with Crippen molar-refractivity contribution in [2.45, 2.75) is 97.8 Å². The molecule has 0 aromatic heterocycles. The first kappa shape index (κ1) is 45.9. The van der Waals surface area contributed by atoms with Gasteiger partial charge in [-0.2, -0.15) is 0 Å². The molecular formula is C51H56F2N2O6. The van der Waals surface area contributed by atoms with E-state index >= 15 is 0 Å². The van der Waals surface area contributed by atoms with Gasteiger partial charge in [-0.1, -0.05) is 108 Å². The molecular weight excluding hydrogens is 775 g/mol. The Labute approximate surface area is 358 Å². The maximum Gasteiger partial charge on any atom is 0.343 e. The zero-order chi connectivity index (χ0) is 43.2. The van der Waals surface area contributed by atoms with E-state index in [2.05, 4.69) is 23.8 Å². The molecule has 0 N–H and O–H groups in total. The van der Waals surface area contributed by atoms with Crippen LogP contribution in [0.15, 0.2) is 113 Å². The van der Waals surface area contributed by atoms with Gasteiger partial charge in [0, 0.05) is 30.1 Å². The smallest absolute Gasteiger partial charge is 0.343 e. The largest absolute Gasteiger partial charge is 0.491 e. The second kappa shape index (κ2) is 24.8. The molecule has 5 aromatic carbocycles. The summed E-state index contributed by atoms with van der Waals surface area (Å²) in [6, 6.07) is 27.4. The number of nitrogens with zero attached hydrogens (tertiary/aromatic N) is 2. The first-order valence-corrected chi connectivity index (χ1v) is 21.4. The van der Waals surface area contributed by atoms with E-state index in [1.165, 1.54) is 63.5 Å². The van der Waals surface area contributed by atoms with E-state index in [0.717, 1.165) is 25.7 Å². The van der Waals surface area contributed by atoms with Crippen molar-refractivity contribution in [2.75, 3.05) is 13.2 Å². The number of benzene rings is 5. The summed E-state index contributed by atoms with van der Waals surface area (Å²) in [4.78, 5) is 34.9. The van der Waals surface area contributed by atoms with Crippen LogP contribution < -0.4 is 18.9 Å². The number of hydrogen-bond acceptors (Lipinski definition) is 8. The summed E-state index contributed by atoms with van der Waals surface area (Å²) in [6.07, 6.45) is 16.7. The predicted molar refractivity (Wildman–Crippen MR) is 239 cm³/mol. The number of rotatable bonds is 24. The molecule has 0 spiro atoms. The van der Waals surface area contributed by atoms with Crippen LogP contribution in [0, 0.1) is 18.6 Å². The Balaban J connectivity index is 1.08. The summed E-state index contributed by atoms with van der Waals surface area (Å²) in [5.74, 6) is -1.22. The minimum absolute atomic E-state index is 0.213. The SMILES string of the molecule is CCCCCCCCOc1ccc(N=Cc2ccc(C(=O)Oc3cccc(OC(=O)c4ccc(C=Nc5ccc(OCCCCCCCC)c(F)c5)cc4)c3C)cc2)cc1F. The molecule has 10 heteroatoms. The Morgan fingerprint density at radius 1 is 0.508 bits per heavy atom. The molecule has 320 valence electrons. The summed E-state index contributed by atoms with van der Waals surface area (Å²) in [7, 11) is 0. The Hall–Kier alpha value is -6.16. The molecule has 0 aliphatic carbocycles. The van der Waals surface area contributed by atoms with E-state index in [1.54, 1.807) is 110 Å². The van der Waals surface area contributed by atoms with Gasteiger partial charge in [-0.05, 0) is 91.6 Å². The topological polar surface area (TPSA) is 95.8 Å². The van der Waals surface area contributed by atoms with Crippen molar-refractivity contribution in [1.82, 2.24) is 0 Å². The summed E-state index contributed by atoms with van der Waals surface area (Å²) < 4.78 is 51.9. The fourth-order valence-electron chi connectivity index (χ4n) is 6.34. The maximum atomic E-state index is 14.6. The third-order valence-corrected chi connectivity index (χ3v) is 10.00. The van der Waals surface area contributed by atoms with E-state index in [1.807, 2.05) is 0 Å². The second-order valence-electron chi connectivity index (χ2n) is 14.9. The van der Waals surface area contributed by atoms with Crippen molar-refractivity contribution in [3.63, 3.8) is 0 Å². The van der Waals surface area contributed by atoms with Crippen LogP contribution in [0.1, 0.15) is 128 Å². The molecule has 0 fully saturated rings. The maximum absolute atomic E-state index is 14.6. The van der Waals surface area contributed by atoms with Gasteiger partial charge in [0.05, 0.1) is 35.7 Å². The van der Waals surface area contributed by atoms with Crippen molar-refractivity contribution in [1.29, 1.82) is 0 Å². The normalized spacial score (nSPS) is 11.3. The Morgan fingerprint density at radius 2 is 0.902 bits per heavy atom. The Morgan fingerprint density at radius 3 is 1.30 bits per heavy atom. The zero-order valence-corrected chi connectivity index (χ0v) is 35.5. The summed E-state index contributed by atoms with van der Waals surface area (Å²) in [5.41, 5.74) is 3.35. The molecule has 0 aliphatic rings. The molecule has 0 saturated carbocycles. The third-order valence-electron chi connectivity index (χ3n) is 10.00. The lowest BCUT2D eigenvalue weighted by molar-refractivity contribution is 0.0730. The molecule has 0 unspecified atom stereocenters. The average molecular weight is 831 g/mol. The number of carbonyl (C=O) groups is 2. The summed E-state index contributed by atoms with van der Waals surface area (Å²) in [5, 5.41) is 0. The highest BCUT2D eigenvalue weighted by atomic mass is 19.1. The number of halogens is 2. The van der Waals surface area contributed by atoms with Crippen molar-refractivity contribution in [3.8, 4) is 23.0 Å². The zero-order valence-electron chi connectivity index (χ0n) is 35.5. The van der Waals surface area contributed by atoms with Crippen LogP contribution in [-0.4, -0.2) is 37.6 Å². The van der Waals surface area contributed by atoms with Crippen LogP contribution in [-0.2, 0) is 0 Å². The van der Waals surface area contributed by atoms with Crippen molar-refractivity contribution < 1.29 is 37.3 Å². The van der Waals surface area contributed by atoms with Gasteiger partial charge in [0.1, 0.15) is 11.5 Å². The van der Waals surface area contributed by atoms with Crippen LogP contribution in [0.4, 0.5) is 20.2 Å². The Kier molecular flexibility index (Phi) is 18.7. The standard InChI is InChI=1S/C51H56F2N2O6/c1-4-6-8-10-12-14-31-58-48-29-27-42(33-44(48)52)54-35-38-19-23-40(24-20-38)50(56)60-46-17-16-18-47(37(46)3)61-51(57)41-25-21-39(22-26-41)36-55-43-28-30-49(45(53)34-43)59-32-15-13-11-9-7-5-2/h16-30,33-36H,4-15,31-32H2,1-3H3. The number of esters is 2. The van der Waals surface area contributed by atoms with E-state index in [-0.39, 0.29) is 23.0 Å². The first-order valence-electron chi connectivity index (χ1n) is 21.4. The van der Waals surface area contributed by atoms with Gasteiger partial charge in [0.15, 0.2) is 23.1 Å². The van der Waals surface area contributed by atoms with Gasteiger partial charge < -0.3 is 18.9 Å². The molecule has 0 heterocycles. The highest BCUT2D eigenvalue weighted by molar-refractivity contribution is 5.94. The Bertz CT molecular complexity index is 2070. The predicted octanol–water partition coefficient (Wildman–Crippen LogP) is 13.7. The van der Waals surface area contributed by atoms with Gasteiger partial charge in [0.2, 0.25) is 0 Å². The van der Waals surface area contributed by atoms with Gasteiger partial charge in [-0.25, -0.2) is 18.4 Å². The molecule has 0 amide bonds. The quantitative estimate of drug-likeness (QED) is 0.0266. The highest BCUT2D eigenvalue weighted by Crippen LogP contribution is 2.30.